The number of rotatable bonds is 5. The van der Waals surface area contributed by atoms with Gasteiger partial charge >= 0.3 is 0 Å². The van der Waals surface area contributed by atoms with E-state index in [9.17, 15) is 9.90 Å². The number of carbonyl (C=O) groups excluding carboxylic acids is 1. The molecule has 3 aromatic rings. The van der Waals surface area contributed by atoms with Gasteiger partial charge in [0.1, 0.15) is 0 Å². The molecule has 1 aliphatic rings. The van der Waals surface area contributed by atoms with Crippen molar-refractivity contribution in [1.82, 2.24) is 4.90 Å². The number of amides is 1. The van der Waals surface area contributed by atoms with E-state index < -0.39 is 0 Å². The monoisotopic (exact) mass is 402 g/mol. The molecule has 0 unspecified atom stereocenters. The predicted octanol–water partition coefficient (Wildman–Crippen LogP) is 4.30. The Labute approximate surface area is 177 Å². The van der Waals surface area contributed by atoms with E-state index in [1.165, 1.54) is 18.2 Å². The summed E-state index contributed by atoms with van der Waals surface area (Å²) in [6.07, 6.45) is 1.83. The molecule has 0 atom stereocenters. The number of aromatic hydroxyl groups is 1. The highest BCUT2D eigenvalue weighted by Crippen LogP contribution is 2.36. The summed E-state index contributed by atoms with van der Waals surface area (Å²) in [6.45, 7) is 0.839. The molecule has 0 spiro atoms. The number of hydrogen-bond donors (Lipinski definition) is 1. The van der Waals surface area contributed by atoms with E-state index in [1.54, 1.807) is 12.1 Å². The van der Waals surface area contributed by atoms with E-state index in [0.717, 1.165) is 29.8 Å². The molecule has 1 amide bonds. The molecule has 0 aromatic heterocycles. The quantitative estimate of drug-likeness (QED) is 0.692. The second-order valence-electron chi connectivity index (χ2n) is 7.67. The van der Waals surface area contributed by atoms with Crippen LogP contribution in [0.3, 0.4) is 0 Å². The summed E-state index contributed by atoms with van der Waals surface area (Å²) >= 11 is 0. The number of methoxy groups -OCH3 is 1. The Kier molecular flexibility index (Phi) is 5.72. The molecule has 1 aliphatic heterocycles. The van der Waals surface area contributed by atoms with Gasteiger partial charge in [-0.25, -0.2) is 0 Å². The first kappa shape index (κ1) is 20.0. The topological polar surface area (TPSA) is 53.0 Å². The Hall–Kier alpha value is -3.31. The van der Waals surface area contributed by atoms with Crippen LogP contribution >= 0.6 is 0 Å². The summed E-state index contributed by atoms with van der Waals surface area (Å²) in [6, 6.07) is 21.6. The summed E-state index contributed by atoms with van der Waals surface area (Å²) in [7, 11) is 3.45. The number of ether oxygens (including phenoxy) is 1. The highest BCUT2D eigenvalue weighted by atomic mass is 16.5. The zero-order valence-electron chi connectivity index (χ0n) is 17.3. The molecule has 0 saturated heterocycles. The standard InChI is InChI=1S/C25H26N2O3/c1-26(16-18-11-14-23(28)24(15-18)30-2)17-25(29)27-21-9-5-3-7-19(21)12-13-20-8-4-6-10-22(20)27/h3-11,14-15,28H,12-13,16-17H2,1-2H3. The number of benzene rings is 3. The Morgan fingerprint density at radius 2 is 1.60 bits per heavy atom. The lowest BCUT2D eigenvalue weighted by Crippen LogP contribution is -2.36. The fraction of sp³-hybridized carbons (Fsp3) is 0.240. The summed E-state index contributed by atoms with van der Waals surface area (Å²) in [5.41, 5.74) is 5.27. The van der Waals surface area contributed by atoms with Crippen molar-refractivity contribution in [2.45, 2.75) is 19.4 Å². The molecule has 0 radical (unpaired) electrons. The molecule has 4 rings (SSSR count). The van der Waals surface area contributed by atoms with E-state index in [0.29, 0.717) is 12.3 Å². The Morgan fingerprint density at radius 3 is 2.20 bits per heavy atom. The third-order valence-corrected chi connectivity index (χ3v) is 5.48. The molecule has 0 bridgehead atoms. The molecule has 5 nitrogen and oxygen atoms in total. The third kappa shape index (κ3) is 4.02. The smallest absolute Gasteiger partial charge is 0.245 e. The van der Waals surface area contributed by atoms with Gasteiger partial charge in [-0.1, -0.05) is 42.5 Å². The minimum Gasteiger partial charge on any atom is -0.504 e. The highest BCUT2D eigenvalue weighted by Gasteiger charge is 2.26. The Morgan fingerprint density at radius 1 is 1.00 bits per heavy atom. The largest absolute Gasteiger partial charge is 0.504 e. The lowest BCUT2D eigenvalue weighted by molar-refractivity contribution is -0.118. The number of nitrogens with zero attached hydrogens (tertiary/aromatic N) is 2. The first-order valence-corrected chi connectivity index (χ1v) is 10.1. The maximum atomic E-state index is 13.5. The number of fused-ring (bicyclic) bond motifs is 2. The van der Waals surface area contributed by atoms with Crippen LogP contribution in [0.1, 0.15) is 16.7 Å². The summed E-state index contributed by atoms with van der Waals surface area (Å²) < 4.78 is 5.19. The van der Waals surface area contributed by atoms with Crippen LogP contribution < -0.4 is 9.64 Å². The fourth-order valence-corrected chi connectivity index (χ4v) is 4.04. The molecule has 0 aliphatic carbocycles. The van der Waals surface area contributed by atoms with E-state index in [-0.39, 0.29) is 18.2 Å². The van der Waals surface area contributed by atoms with E-state index >= 15 is 0 Å². The van der Waals surface area contributed by atoms with Gasteiger partial charge in [0.05, 0.1) is 25.0 Å². The van der Waals surface area contributed by atoms with Gasteiger partial charge in [0.2, 0.25) is 5.91 Å². The lowest BCUT2D eigenvalue weighted by atomic mass is 10.0. The van der Waals surface area contributed by atoms with Crippen LogP contribution in [0.4, 0.5) is 11.4 Å². The second-order valence-corrected chi connectivity index (χ2v) is 7.67. The first-order valence-electron chi connectivity index (χ1n) is 10.1. The Bertz CT molecular complexity index is 1020. The van der Waals surface area contributed by atoms with Crippen LogP contribution in [0.15, 0.2) is 66.7 Å². The van der Waals surface area contributed by atoms with Gasteiger partial charge in [-0.2, -0.15) is 0 Å². The van der Waals surface area contributed by atoms with E-state index in [1.807, 2.05) is 59.3 Å². The number of likely N-dealkylation sites (N-methyl/N-ethyl adjacent to an activating group) is 1. The van der Waals surface area contributed by atoms with E-state index in [2.05, 4.69) is 12.1 Å². The SMILES string of the molecule is COc1cc(CN(C)CC(=O)N2c3ccccc3CCc3ccccc32)ccc1O. The zero-order valence-corrected chi connectivity index (χ0v) is 17.3. The predicted molar refractivity (Wildman–Crippen MR) is 118 cm³/mol. The maximum absolute atomic E-state index is 13.5. The van der Waals surface area contributed by atoms with Gasteiger partial charge in [0.25, 0.3) is 0 Å². The minimum absolute atomic E-state index is 0.0324. The maximum Gasteiger partial charge on any atom is 0.245 e. The molecular weight excluding hydrogens is 376 g/mol. The zero-order chi connectivity index (χ0) is 21.1. The fourth-order valence-electron chi connectivity index (χ4n) is 4.04. The van der Waals surface area contributed by atoms with Gasteiger partial charge in [-0.3, -0.25) is 14.6 Å². The molecule has 154 valence electrons. The van der Waals surface area contributed by atoms with Gasteiger partial charge in [0, 0.05) is 6.54 Å². The number of anilines is 2. The van der Waals surface area contributed by atoms with Crippen LogP contribution in [0.25, 0.3) is 0 Å². The molecule has 0 fully saturated rings. The summed E-state index contributed by atoms with van der Waals surface area (Å²) in [4.78, 5) is 17.3. The molecule has 0 saturated carbocycles. The van der Waals surface area contributed by atoms with Gasteiger partial charge in [-0.15, -0.1) is 0 Å². The number of phenolic OH excluding ortho intramolecular Hbond substituents is 1. The van der Waals surface area contributed by atoms with Crippen LogP contribution in [0, 0.1) is 0 Å². The summed E-state index contributed by atoms with van der Waals surface area (Å²) in [5, 5.41) is 9.80. The summed E-state index contributed by atoms with van der Waals surface area (Å²) in [5.74, 6) is 0.574. The van der Waals surface area contributed by atoms with Crippen molar-refractivity contribution in [1.29, 1.82) is 0 Å². The number of carbonyl (C=O) groups is 1. The van der Waals surface area contributed by atoms with Gasteiger partial charge in [-0.05, 0) is 60.8 Å². The van der Waals surface area contributed by atoms with Gasteiger partial charge < -0.3 is 9.84 Å². The Balaban J connectivity index is 1.58. The van der Waals surface area contributed by atoms with Crippen molar-refractivity contribution in [3.8, 4) is 11.5 Å². The van der Waals surface area contributed by atoms with Crippen LogP contribution in [-0.2, 0) is 24.2 Å². The number of aryl methyl sites for hydroxylation is 2. The average molecular weight is 402 g/mol. The number of phenols is 1. The molecule has 30 heavy (non-hydrogen) atoms. The average Bonchev–Trinajstić information content (AvgIpc) is 2.92. The van der Waals surface area contributed by atoms with Crippen LogP contribution in [-0.4, -0.2) is 36.6 Å². The molecule has 5 heteroatoms. The van der Waals surface area contributed by atoms with Crippen molar-refractivity contribution in [2.24, 2.45) is 0 Å². The highest BCUT2D eigenvalue weighted by molar-refractivity contribution is 6.03. The first-order chi connectivity index (χ1) is 14.6. The molecule has 1 N–H and O–H groups in total. The molecular formula is C25H26N2O3. The van der Waals surface area contributed by atoms with Crippen LogP contribution in [0.5, 0.6) is 11.5 Å². The van der Waals surface area contributed by atoms with E-state index in [4.69, 9.17) is 4.74 Å². The number of hydrogen-bond acceptors (Lipinski definition) is 4. The lowest BCUT2D eigenvalue weighted by Gasteiger charge is -2.27. The minimum atomic E-state index is 0.0324. The normalized spacial score (nSPS) is 12.8. The van der Waals surface area contributed by atoms with Crippen molar-refractivity contribution in [3.63, 3.8) is 0 Å². The third-order valence-electron chi connectivity index (χ3n) is 5.48. The molecule has 3 aromatic carbocycles. The molecule has 1 heterocycles. The van der Waals surface area contributed by atoms with Crippen LogP contribution in [0.2, 0.25) is 0 Å². The van der Waals surface area contributed by atoms with Crippen molar-refractivity contribution >= 4 is 17.3 Å². The number of para-hydroxylation sites is 2. The van der Waals surface area contributed by atoms with Crippen molar-refractivity contribution < 1.29 is 14.6 Å². The van der Waals surface area contributed by atoms with Crippen molar-refractivity contribution in [3.05, 3.63) is 83.4 Å². The van der Waals surface area contributed by atoms with Gasteiger partial charge in [0.15, 0.2) is 11.5 Å². The second kappa shape index (κ2) is 8.59. The van der Waals surface area contributed by atoms with Crippen molar-refractivity contribution in [2.75, 3.05) is 25.6 Å².